The van der Waals surface area contributed by atoms with Gasteiger partial charge in [-0.05, 0) is 42.3 Å². The third kappa shape index (κ3) is 4.23. The molecule has 4 nitrogen and oxygen atoms in total. The Hall–Kier alpha value is -2.51. The summed E-state index contributed by atoms with van der Waals surface area (Å²) in [5.41, 5.74) is 3.03. The summed E-state index contributed by atoms with van der Waals surface area (Å²) >= 11 is 0. The summed E-state index contributed by atoms with van der Waals surface area (Å²) in [5, 5.41) is 20.9. The number of aliphatic hydroxyl groups excluding tert-OH is 1. The van der Waals surface area contributed by atoms with Crippen LogP contribution in [0, 0.1) is 11.3 Å². The van der Waals surface area contributed by atoms with E-state index in [1.807, 2.05) is 54.6 Å². The second-order valence-corrected chi connectivity index (χ2v) is 4.74. The Bertz CT molecular complexity index is 600. The first-order valence-corrected chi connectivity index (χ1v) is 6.79. The van der Waals surface area contributed by atoms with Crippen LogP contribution in [0.25, 0.3) is 0 Å². The van der Waals surface area contributed by atoms with E-state index >= 15 is 0 Å². The molecule has 0 spiro atoms. The van der Waals surface area contributed by atoms with Gasteiger partial charge in [0.1, 0.15) is 11.8 Å². The molecular formula is C17H18N2O2. The van der Waals surface area contributed by atoms with Gasteiger partial charge in [0.15, 0.2) is 6.61 Å². The van der Waals surface area contributed by atoms with E-state index in [-0.39, 0.29) is 19.3 Å². The standard InChI is InChI=1S/C17H18N2O2/c1-13(19-16-6-2-14(12-20)3-7-16)15-4-8-17(9-5-15)21-11-10-18/h2-9,13,19-20H,11-12H2,1H3. The van der Waals surface area contributed by atoms with Crippen LogP contribution in [-0.4, -0.2) is 11.7 Å². The Morgan fingerprint density at radius 3 is 2.38 bits per heavy atom. The first kappa shape index (κ1) is 14.9. The summed E-state index contributed by atoms with van der Waals surface area (Å²) in [4.78, 5) is 0. The van der Waals surface area contributed by atoms with Crippen LogP contribution in [0.1, 0.15) is 24.1 Å². The molecule has 21 heavy (non-hydrogen) atoms. The maximum absolute atomic E-state index is 9.02. The molecule has 0 fully saturated rings. The predicted octanol–water partition coefficient (Wildman–Crippen LogP) is 3.25. The van der Waals surface area contributed by atoms with Gasteiger partial charge in [-0.3, -0.25) is 0 Å². The fourth-order valence-corrected chi connectivity index (χ4v) is 2.01. The lowest BCUT2D eigenvalue weighted by molar-refractivity contribution is 0.282. The first-order chi connectivity index (χ1) is 10.2. The van der Waals surface area contributed by atoms with Crippen molar-refractivity contribution >= 4 is 5.69 Å². The van der Waals surface area contributed by atoms with Gasteiger partial charge in [-0.25, -0.2) is 0 Å². The highest BCUT2D eigenvalue weighted by molar-refractivity contribution is 5.47. The van der Waals surface area contributed by atoms with E-state index in [0.717, 1.165) is 16.8 Å². The fraction of sp³-hybridized carbons (Fsp3) is 0.235. The molecule has 0 aliphatic heterocycles. The predicted molar refractivity (Wildman–Crippen MR) is 82.0 cm³/mol. The summed E-state index contributed by atoms with van der Waals surface area (Å²) in [6, 6.07) is 17.5. The number of nitrogens with zero attached hydrogens (tertiary/aromatic N) is 1. The lowest BCUT2D eigenvalue weighted by atomic mass is 10.1. The van der Waals surface area contributed by atoms with Crippen molar-refractivity contribution < 1.29 is 9.84 Å². The Balaban J connectivity index is 1.98. The molecule has 2 aromatic carbocycles. The molecular weight excluding hydrogens is 264 g/mol. The highest BCUT2D eigenvalue weighted by atomic mass is 16.5. The maximum Gasteiger partial charge on any atom is 0.174 e. The lowest BCUT2D eigenvalue weighted by Crippen LogP contribution is -2.06. The molecule has 0 radical (unpaired) electrons. The molecule has 1 unspecified atom stereocenters. The average molecular weight is 282 g/mol. The summed E-state index contributed by atoms with van der Waals surface area (Å²) < 4.78 is 5.23. The third-order valence-corrected chi connectivity index (χ3v) is 3.20. The van der Waals surface area contributed by atoms with Gasteiger partial charge in [0.2, 0.25) is 0 Å². The first-order valence-electron chi connectivity index (χ1n) is 6.79. The quantitative estimate of drug-likeness (QED) is 0.853. The van der Waals surface area contributed by atoms with Crippen molar-refractivity contribution in [1.29, 1.82) is 5.26 Å². The monoisotopic (exact) mass is 282 g/mol. The number of rotatable bonds is 6. The Morgan fingerprint density at radius 2 is 1.81 bits per heavy atom. The van der Waals surface area contributed by atoms with Crippen molar-refractivity contribution in [2.24, 2.45) is 0 Å². The van der Waals surface area contributed by atoms with Crippen molar-refractivity contribution in [2.75, 3.05) is 11.9 Å². The van der Waals surface area contributed by atoms with E-state index in [0.29, 0.717) is 5.75 Å². The lowest BCUT2D eigenvalue weighted by Gasteiger charge is -2.16. The number of aliphatic hydroxyl groups is 1. The zero-order chi connectivity index (χ0) is 15.1. The van der Waals surface area contributed by atoms with Crippen LogP contribution in [0.15, 0.2) is 48.5 Å². The number of ether oxygens (including phenoxy) is 1. The second-order valence-electron chi connectivity index (χ2n) is 4.74. The van der Waals surface area contributed by atoms with Crippen LogP contribution in [0.3, 0.4) is 0 Å². The minimum Gasteiger partial charge on any atom is -0.479 e. The summed E-state index contributed by atoms with van der Waals surface area (Å²) in [6.45, 7) is 2.19. The van der Waals surface area contributed by atoms with Gasteiger partial charge in [0, 0.05) is 11.7 Å². The molecule has 0 bridgehead atoms. The van der Waals surface area contributed by atoms with E-state index in [4.69, 9.17) is 15.1 Å². The molecule has 2 aromatic rings. The topological polar surface area (TPSA) is 65.3 Å². The molecule has 0 aliphatic rings. The number of anilines is 1. The van der Waals surface area contributed by atoms with Crippen molar-refractivity contribution in [3.05, 3.63) is 59.7 Å². The van der Waals surface area contributed by atoms with E-state index in [1.165, 1.54) is 0 Å². The van der Waals surface area contributed by atoms with Crippen molar-refractivity contribution in [1.82, 2.24) is 0 Å². The minimum atomic E-state index is 0.0555. The van der Waals surface area contributed by atoms with Gasteiger partial charge in [0.05, 0.1) is 6.61 Å². The normalized spacial score (nSPS) is 11.5. The van der Waals surface area contributed by atoms with E-state index in [9.17, 15) is 0 Å². The zero-order valence-corrected chi connectivity index (χ0v) is 11.9. The highest BCUT2D eigenvalue weighted by Crippen LogP contribution is 2.22. The van der Waals surface area contributed by atoms with Crippen molar-refractivity contribution in [3.63, 3.8) is 0 Å². The highest BCUT2D eigenvalue weighted by Gasteiger charge is 2.05. The van der Waals surface area contributed by atoms with Crippen molar-refractivity contribution in [2.45, 2.75) is 19.6 Å². The summed E-state index contributed by atoms with van der Waals surface area (Å²) in [7, 11) is 0. The van der Waals surface area contributed by atoms with Gasteiger partial charge in [-0.1, -0.05) is 24.3 Å². The van der Waals surface area contributed by atoms with E-state index in [1.54, 1.807) is 0 Å². The maximum atomic E-state index is 9.02. The molecule has 0 saturated heterocycles. The van der Waals surface area contributed by atoms with Gasteiger partial charge >= 0.3 is 0 Å². The molecule has 0 aromatic heterocycles. The smallest absolute Gasteiger partial charge is 0.174 e. The molecule has 0 saturated carbocycles. The molecule has 2 rings (SSSR count). The Morgan fingerprint density at radius 1 is 1.14 bits per heavy atom. The molecule has 0 aliphatic carbocycles. The van der Waals surface area contributed by atoms with Gasteiger partial charge in [-0.2, -0.15) is 5.26 Å². The van der Waals surface area contributed by atoms with Gasteiger partial charge in [0.25, 0.3) is 0 Å². The number of hydrogen-bond acceptors (Lipinski definition) is 4. The zero-order valence-electron chi connectivity index (χ0n) is 11.9. The number of hydrogen-bond donors (Lipinski definition) is 2. The number of nitriles is 1. The average Bonchev–Trinajstić information content (AvgIpc) is 2.54. The largest absolute Gasteiger partial charge is 0.479 e. The Labute approximate surface area is 124 Å². The van der Waals surface area contributed by atoms with Gasteiger partial charge < -0.3 is 15.2 Å². The van der Waals surface area contributed by atoms with Crippen LogP contribution < -0.4 is 10.1 Å². The molecule has 108 valence electrons. The van der Waals surface area contributed by atoms with Crippen LogP contribution in [0.4, 0.5) is 5.69 Å². The number of nitrogens with one attached hydrogen (secondary N) is 1. The van der Waals surface area contributed by atoms with E-state index in [2.05, 4.69) is 12.2 Å². The number of benzene rings is 2. The molecule has 1 atom stereocenters. The van der Waals surface area contributed by atoms with Gasteiger partial charge in [-0.15, -0.1) is 0 Å². The summed E-state index contributed by atoms with van der Waals surface area (Å²) in [5.74, 6) is 0.694. The molecule has 0 amide bonds. The third-order valence-electron chi connectivity index (χ3n) is 3.20. The van der Waals surface area contributed by atoms with Crippen molar-refractivity contribution in [3.8, 4) is 11.8 Å². The van der Waals surface area contributed by atoms with Crippen LogP contribution in [-0.2, 0) is 6.61 Å². The van der Waals surface area contributed by atoms with Crippen LogP contribution in [0.5, 0.6) is 5.75 Å². The molecule has 4 heteroatoms. The van der Waals surface area contributed by atoms with E-state index < -0.39 is 0 Å². The Kier molecular flexibility index (Phi) is 5.19. The molecule has 0 heterocycles. The van der Waals surface area contributed by atoms with Crippen LogP contribution >= 0.6 is 0 Å². The second kappa shape index (κ2) is 7.32. The summed E-state index contributed by atoms with van der Waals surface area (Å²) in [6.07, 6.45) is 0. The van der Waals surface area contributed by atoms with Crippen LogP contribution in [0.2, 0.25) is 0 Å². The minimum absolute atomic E-state index is 0.0555. The molecule has 2 N–H and O–H groups in total. The SMILES string of the molecule is CC(Nc1ccc(CO)cc1)c1ccc(OCC#N)cc1. The fourth-order valence-electron chi connectivity index (χ4n) is 2.01.